The molecule has 0 spiro atoms. The summed E-state index contributed by atoms with van der Waals surface area (Å²) < 4.78 is 13.8. The van der Waals surface area contributed by atoms with Crippen molar-refractivity contribution in [2.75, 3.05) is 6.61 Å². The topological polar surface area (TPSA) is 69.9 Å². The van der Waals surface area contributed by atoms with Gasteiger partial charge in [-0.05, 0) is 58.5 Å². The Morgan fingerprint density at radius 2 is 1.69 bits per heavy atom. The molecule has 6 nitrogen and oxygen atoms in total. The normalized spacial score (nSPS) is 14.7. The van der Waals surface area contributed by atoms with E-state index in [0.29, 0.717) is 27.2 Å². The number of carbonyl (C=O) groups is 1. The van der Waals surface area contributed by atoms with Crippen molar-refractivity contribution < 1.29 is 14.3 Å². The first-order valence-corrected chi connectivity index (χ1v) is 16.3. The van der Waals surface area contributed by atoms with Crippen LogP contribution in [0.25, 0.3) is 22.5 Å². The van der Waals surface area contributed by atoms with Crippen molar-refractivity contribution in [1.82, 2.24) is 4.57 Å². The maximum atomic E-state index is 14.0. The van der Waals surface area contributed by atoms with Gasteiger partial charge in [0.05, 0.1) is 22.4 Å². The van der Waals surface area contributed by atoms with Gasteiger partial charge in [0.2, 0.25) is 0 Å². The van der Waals surface area contributed by atoms with Crippen molar-refractivity contribution in [1.29, 1.82) is 0 Å². The number of hydrogen-bond acceptors (Lipinski definition) is 7. The fraction of sp³-hybridized carbons (Fsp3) is 0.108. The van der Waals surface area contributed by atoms with Gasteiger partial charge in [-0.15, -0.1) is 11.3 Å². The summed E-state index contributed by atoms with van der Waals surface area (Å²) in [7, 11) is 0. The zero-order valence-corrected chi connectivity index (χ0v) is 26.0. The van der Waals surface area contributed by atoms with E-state index in [4.69, 9.17) is 14.5 Å². The van der Waals surface area contributed by atoms with Crippen molar-refractivity contribution in [3.05, 3.63) is 161 Å². The lowest BCUT2D eigenvalue weighted by molar-refractivity contribution is -0.138. The standard InChI is InChI=1S/C37H28N2O4S2/c1-2-42-36(41)32-33(26-11-4-3-5-12-26)38-37-39(34(32)30-16-9-21-44-30)35(40)31(45-37)22-24-17-19-28(20-18-24)43-23-27-14-8-13-25-10-6-7-15-29(25)27/h3-22,34H,2,23H2,1H3/t34-/m0/s1. The number of carbonyl (C=O) groups excluding carboxylic acids is 1. The first kappa shape index (κ1) is 28.7. The number of rotatable bonds is 8. The van der Waals surface area contributed by atoms with Crippen LogP contribution in [0, 0.1) is 0 Å². The van der Waals surface area contributed by atoms with Crippen LogP contribution in [-0.2, 0) is 16.1 Å². The van der Waals surface area contributed by atoms with Crippen molar-refractivity contribution in [2.24, 2.45) is 4.99 Å². The molecule has 2 aromatic heterocycles. The largest absolute Gasteiger partial charge is 0.489 e. The molecular formula is C37H28N2O4S2. The number of aromatic nitrogens is 1. The summed E-state index contributed by atoms with van der Waals surface area (Å²) in [4.78, 5) is 33.8. The minimum atomic E-state index is -0.650. The second kappa shape index (κ2) is 12.5. The second-order valence-electron chi connectivity index (χ2n) is 10.4. The van der Waals surface area contributed by atoms with E-state index >= 15 is 0 Å². The van der Waals surface area contributed by atoms with E-state index in [1.807, 2.05) is 96.4 Å². The highest BCUT2D eigenvalue weighted by atomic mass is 32.1. The Kier molecular flexibility index (Phi) is 7.98. The lowest BCUT2D eigenvalue weighted by Crippen LogP contribution is -2.39. The molecule has 1 aliphatic rings. The fourth-order valence-corrected chi connectivity index (χ4v) is 7.37. The van der Waals surface area contributed by atoms with Crippen LogP contribution in [0.4, 0.5) is 0 Å². The Labute approximate surface area is 267 Å². The van der Waals surface area contributed by atoms with Crippen molar-refractivity contribution in [3.8, 4) is 5.75 Å². The van der Waals surface area contributed by atoms with E-state index in [-0.39, 0.29) is 12.2 Å². The van der Waals surface area contributed by atoms with Gasteiger partial charge in [-0.25, -0.2) is 9.79 Å². The van der Waals surface area contributed by atoms with E-state index in [0.717, 1.165) is 27.3 Å². The number of benzene rings is 4. The molecule has 222 valence electrons. The Bertz CT molecular complexity index is 2210. The molecule has 4 aromatic carbocycles. The van der Waals surface area contributed by atoms with Gasteiger partial charge in [-0.1, -0.05) is 102 Å². The predicted octanol–water partition coefficient (Wildman–Crippen LogP) is 6.73. The van der Waals surface area contributed by atoms with Crippen molar-refractivity contribution >= 4 is 51.2 Å². The SMILES string of the molecule is CCOC(=O)C1=C(c2ccccc2)N=c2sc(=Cc3ccc(OCc4cccc5ccccc45)cc3)c(=O)n2[C@H]1c1cccs1. The third-order valence-corrected chi connectivity index (χ3v) is 9.55. The maximum absolute atomic E-state index is 14.0. The Hall–Kier alpha value is -5.05. The molecule has 8 heteroatoms. The lowest BCUT2D eigenvalue weighted by Gasteiger charge is -2.24. The predicted molar refractivity (Wildman–Crippen MR) is 180 cm³/mol. The van der Waals surface area contributed by atoms with Gasteiger partial charge in [-0.2, -0.15) is 0 Å². The molecule has 0 bridgehead atoms. The minimum absolute atomic E-state index is 0.206. The zero-order valence-electron chi connectivity index (χ0n) is 24.4. The first-order valence-electron chi connectivity index (χ1n) is 14.6. The zero-order chi connectivity index (χ0) is 30.8. The number of ether oxygens (including phenoxy) is 2. The number of thiophene rings is 1. The quantitative estimate of drug-likeness (QED) is 0.175. The molecule has 0 fully saturated rings. The second-order valence-corrected chi connectivity index (χ2v) is 12.4. The van der Waals surface area contributed by atoms with Crippen LogP contribution in [0.3, 0.4) is 0 Å². The van der Waals surface area contributed by atoms with Crippen molar-refractivity contribution in [2.45, 2.75) is 19.6 Å². The molecule has 0 saturated heterocycles. The number of hydrogen-bond donors (Lipinski definition) is 0. The molecule has 3 heterocycles. The average molecular weight is 629 g/mol. The average Bonchev–Trinajstić information content (AvgIpc) is 3.72. The molecule has 7 rings (SSSR count). The number of fused-ring (bicyclic) bond motifs is 2. The third kappa shape index (κ3) is 5.66. The Morgan fingerprint density at radius 1 is 0.911 bits per heavy atom. The minimum Gasteiger partial charge on any atom is -0.489 e. The molecule has 0 amide bonds. The smallest absolute Gasteiger partial charge is 0.338 e. The van der Waals surface area contributed by atoms with Gasteiger partial charge < -0.3 is 9.47 Å². The van der Waals surface area contributed by atoms with E-state index in [1.165, 1.54) is 33.4 Å². The summed E-state index contributed by atoms with van der Waals surface area (Å²) in [5.74, 6) is 0.262. The highest BCUT2D eigenvalue weighted by Gasteiger charge is 2.35. The van der Waals surface area contributed by atoms with E-state index in [1.54, 1.807) is 11.5 Å². The number of nitrogens with zero attached hydrogens (tertiary/aromatic N) is 2. The number of esters is 1. The molecule has 1 aliphatic heterocycles. The van der Waals surface area contributed by atoms with Gasteiger partial charge >= 0.3 is 5.97 Å². The van der Waals surface area contributed by atoms with E-state index in [2.05, 4.69) is 24.3 Å². The van der Waals surface area contributed by atoms with Crippen LogP contribution in [0.5, 0.6) is 5.75 Å². The highest BCUT2D eigenvalue weighted by molar-refractivity contribution is 7.10. The highest BCUT2D eigenvalue weighted by Crippen LogP contribution is 2.36. The maximum Gasteiger partial charge on any atom is 0.338 e. The molecule has 0 radical (unpaired) electrons. The molecule has 45 heavy (non-hydrogen) atoms. The van der Waals surface area contributed by atoms with Crippen LogP contribution in [-0.4, -0.2) is 17.1 Å². The van der Waals surface area contributed by atoms with Gasteiger partial charge in [0.25, 0.3) is 5.56 Å². The van der Waals surface area contributed by atoms with Crippen LogP contribution in [0.1, 0.15) is 34.5 Å². The molecule has 0 aliphatic carbocycles. The van der Waals surface area contributed by atoms with Crippen LogP contribution in [0.2, 0.25) is 0 Å². The van der Waals surface area contributed by atoms with Crippen LogP contribution < -0.4 is 19.6 Å². The van der Waals surface area contributed by atoms with Gasteiger partial charge in [0, 0.05) is 10.4 Å². The Morgan fingerprint density at radius 3 is 2.47 bits per heavy atom. The van der Waals surface area contributed by atoms with Gasteiger partial charge in [0.15, 0.2) is 4.80 Å². The molecule has 0 N–H and O–H groups in total. The summed E-state index contributed by atoms with van der Waals surface area (Å²) >= 11 is 2.81. The Balaban J connectivity index is 1.25. The monoisotopic (exact) mass is 628 g/mol. The van der Waals surface area contributed by atoms with E-state index < -0.39 is 12.0 Å². The lowest BCUT2D eigenvalue weighted by atomic mass is 9.97. The van der Waals surface area contributed by atoms with Gasteiger partial charge in [-0.3, -0.25) is 9.36 Å². The van der Waals surface area contributed by atoms with Gasteiger partial charge in [0.1, 0.15) is 18.4 Å². The molecule has 1 atom stereocenters. The summed E-state index contributed by atoms with van der Waals surface area (Å²) in [5, 5.41) is 4.30. The third-order valence-electron chi connectivity index (χ3n) is 7.64. The summed E-state index contributed by atoms with van der Waals surface area (Å²) in [5.41, 5.74) is 3.44. The summed E-state index contributed by atoms with van der Waals surface area (Å²) in [6.45, 7) is 2.44. The summed E-state index contributed by atoms with van der Waals surface area (Å²) in [6.07, 6.45) is 1.86. The molecular weight excluding hydrogens is 601 g/mol. The van der Waals surface area contributed by atoms with Crippen LogP contribution in [0.15, 0.2) is 130 Å². The molecule has 0 unspecified atom stereocenters. The van der Waals surface area contributed by atoms with Crippen LogP contribution >= 0.6 is 22.7 Å². The fourth-order valence-electron chi connectivity index (χ4n) is 5.55. The molecule has 6 aromatic rings. The first-order chi connectivity index (χ1) is 22.1. The number of thiazole rings is 1. The van der Waals surface area contributed by atoms with Crippen molar-refractivity contribution in [3.63, 3.8) is 0 Å². The summed E-state index contributed by atoms with van der Waals surface area (Å²) in [6, 6.07) is 35.0. The molecule has 0 saturated carbocycles. The van der Waals surface area contributed by atoms with E-state index in [9.17, 15) is 9.59 Å².